The van der Waals surface area contributed by atoms with Gasteiger partial charge in [0.2, 0.25) is 6.79 Å². The normalized spacial score (nSPS) is 16.8. The van der Waals surface area contributed by atoms with Crippen LogP contribution in [-0.4, -0.2) is 30.1 Å². The predicted molar refractivity (Wildman–Crippen MR) is 93.5 cm³/mol. The maximum absolute atomic E-state index is 12.9. The van der Waals surface area contributed by atoms with E-state index >= 15 is 0 Å². The minimum absolute atomic E-state index is 0.145. The molecule has 6 nitrogen and oxygen atoms in total. The van der Waals surface area contributed by atoms with Crippen molar-refractivity contribution in [3.63, 3.8) is 0 Å². The first-order valence-electron chi connectivity index (χ1n) is 8.35. The summed E-state index contributed by atoms with van der Waals surface area (Å²) in [6, 6.07) is 12.4. The summed E-state index contributed by atoms with van der Waals surface area (Å²) < 4.78 is 16.0. The van der Waals surface area contributed by atoms with Crippen molar-refractivity contribution in [2.24, 2.45) is 0 Å². The van der Waals surface area contributed by atoms with Gasteiger partial charge >= 0.3 is 0 Å². The van der Waals surface area contributed by atoms with E-state index in [2.05, 4.69) is 0 Å². The minimum Gasteiger partial charge on any atom is -0.501 e. The number of hydrogen-bond donors (Lipinski definition) is 0. The molecule has 0 atom stereocenters. The molecule has 6 heteroatoms. The Labute approximate surface area is 150 Å². The van der Waals surface area contributed by atoms with E-state index in [0.717, 1.165) is 5.56 Å². The lowest BCUT2D eigenvalue weighted by Gasteiger charge is -2.28. The summed E-state index contributed by atoms with van der Waals surface area (Å²) in [4.78, 5) is 27.0. The van der Waals surface area contributed by atoms with Crippen LogP contribution in [0.2, 0.25) is 0 Å². The lowest BCUT2D eigenvalue weighted by molar-refractivity contribution is -0.123. The van der Waals surface area contributed by atoms with E-state index in [1.54, 1.807) is 36.4 Å². The van der Waals surface area contributed by atoms with Gasteiger partial charge in [-0.15, -0.1) is 0 Å². The Morgan fingerprint density at radius 2 is 1.81 bits per heavy atom. The zero-order chi connectivity index (χ0) is 18.1. The van der Waals surface area contributed by atoms with E-state index in [4.69, 9.17) is 14.2 Å². The molecular formula is C20H17NO5. The topological polar surface area (TPSA) is 65.1 Å². The van der Waals surface area contributed by atoms with Crippen molar-refractivity contribution in [2.75, 3.05) is 13.4 Å². The summed E-state index contributed by atoms with van der Waals surface area (Å²) >= 11 is 0. The molecule has 2 heterocycles. The van der Waals surface area contributed by atoms with Gasteiger partial charge in [0.25, 0.3) is 11.8 Å². The fraction of sp³-hybridized carbons (Fsp3) is 0.200. The van der Waals surface area contributed by atoms with Gasteiger partial charge in [-0.05, 0) is 30.7 Å². The summed E-state index contributed by atoms with van der Waals surface area (Å²) in [6.45, 7) is 2.60. The molecule has 0 aliphatic carbocycles. The van der Waals surface area contributed by atoms with Crippen molar-refractivity contribution in [1.29, 1.82) is 0 Å². The third-order valence-corrected chi connectivity index (χ3v) is 4.31. The first-order chi connectivity index (χ1) is 12.7. The summed E-state index contributed by atoms with van der Waals surface area (Å²) in [6.07, 6.45) is 1.43. The van der Waals surface area contributed by atoms with Crippen molar-refractivity contribution in [3.8, 4) is 11.5 Å². The third kappa shape index (κ3) is 2.69. The number of hydrogen-bond acceptors (Lipinski definition) is 5. The Morgan fingerprint density at radius 3 is 2.62 bits per heavy atom. The summed E-state index contributed by atoms with van der Waals surface area (Å²) in [5, 5.41) is 0. The molecule has 0 radical (unpaired) electrons. The van der Waals surface area contributed by atoms with Crippen LogP contribution < -0.4 is 9.47 Å². The number of amides is 2. The van der Waals surface area contributed by atoms with Crippen LogP contribution in [0.15, 0.2) is 48.7 Å². The Balaban J connectivity index is 1.70. The van der Waals surface area contributed by atoms with E-state index in [1.165, 1.54) is 11.2 Å². The first-order valence-corrected chi connectivity index (χ1v) is 8.35. The number of ether oxygens (including phenoxy) is 3. The zero-order valence-corrected chi connectivity index (χ0v) is 14.2. The van der Waals surface area contributed by atoms with Crippen LogP contribution in [0.1, 0.15) is 28.4 Å². The van der Waals surface area contributed by atoms with Gasteiger partial charge in [-0.1, -0.05) is 24.3 Å². The molecule has 4 rings (SSSR count). The number of imide groups is 1. The van der Waals surface area contributed by atoms with Gasteiger partial charge in [-0.3, -0.25) is 14.5 Å². The molecule has 0 saturated carbocycles. The molecule has 26 heavy (non-hydrogen) atoms. The summed E-state index contributed by atoms with van der Waals surface area (Å²) in [7, 11) is 0. The van der Waals surface area contributed by atoms with Gasteiger partial charge in [0, 0.05) is 11.1 Å². The molecule has 0 saturated heterocycles. The fourth-order valence-corrected chi connectivity index (χ4v) is 3.05. The molecule has 0 spiro atoms. The highest BCUT2D eigenvalue weighted by molar-refractivity contribution is 6.30. The lowest BCUT2D eigenvalue weighted by Crippen LogP contribution is -2.41. The maximum atomic E-state index is 12.9. The highest BCUT2D eigenvalue weighted by Crippen LogP contribution is 2.34. The fourth-order valence-electron chi connectivity index (χ4n) is 3.05. The smallest absolute Gasteiger partial charge is 0.264 e. The average Bonchev–Trinajstić information content (AvgIpc) is 3.13. The van der Waals surface area contributed by atoms with Crippen LogP contribution in [0, 0.1) is 0 Å². The molecule has 132 valence electrons. The van der Waals surface area contributed by atoms with Crippen LogP contribution in [0.25, 0.3) is 5.57 Å². The number of benzene rings is 2. The standard InChI is InChI=1S/C20H17NO5/c1-2-24-11-16-14-5-3-4-6-15(14)19(22)21(20(16)23)10-13-7-8-17-18(9-13)26-12-25-17/h3-9,11H,2,10,12H2,1H3/b16-11-. The Morgan fingerprint density at radius 1 is 1.04 bits per heavy atom. The first kappa shape index (κ1) is 16.2. The van der Waals surface area contributed by atoms with Crippen LogP contribution in [-0.2, 0) is 16.1 Å². The van der Waals surface area contributed by atoms with E-state index in [0.29, 0.717) is 34.8 Å². The number of carbonyl (C=O) groups excluding carboxylic acids is 2. The van der Waals surface area contributed by atoms with Gasteiger partial charge < -0.3 is 14.2 Å². The second-order valence-corrected chi connectivity index (χ2v) is 5.92. The minimum atomic E-state index is -0.375. The van der Waals surface area contributed by atoms with Crippen LogP contribution in [0.3, 0.4) is 0 Å². The SMILES string of the molecule is CCO/C=C1\C(=O)N(Cc2ccc3c(c2)OCO3)C(=O)c2ccccc21. The maximum Gasteiger partial charge on any atom is 0.264 e. The predicted octanol–water partition coefficient (Wildman–Crippen LogP) is 2.98. The molecule has 2 aliphatic rings. The van der Waals surface area contributed by atoms with E-state index in [9.17, 15) is 9.59 Å². The highest BCUT2D eigenvalue weighted by atomic mass is 16.7. The zero-order valence-electron chi connectivity index (χ0n) is 14.2. The van der Waals surface area contributed by atoms with Crippen LogP contribution >= 0.6 is 0 Å². The molecule has 2 amide bonds. The third-order valence-electron chi connectivity index (χ3n) is 4.31. The van der Waals surface area contributed by atoms with Crippen LogP contribution in [0.5, 0.6) is 11.5 Å². The second kappa shape index (κ2) is 6.55. The Kier molecular flexibility index (Phi) is 4.08. The van der Waals surface area contributed by atoms with E-state index < -0.39 is 0 Å². The number of rotatable bonds is 4. The Hall–Kier alpha value is -3.28. The van der Waals surface area contributed by atoms with Crippen molar-refractivity contribution < 1.29 is 23.8 Å². The largest absolute Gasteiger partial charge is 0.501 e. The molecule has 0 fully saturated rings. The summed E-state index contributed by atoms with van der Waals surface area (Å²) in [5.41, 5.74) is 2.24. The molecular weight excluding hydrogens is 334 g/mol. The second-order valence-electron chi connectivity index (χ2n) is 5.92. The van der Waals surface area contributed by atoms with Gasteiger partial charge in [0.15, 0.2) is 11.5 Å². The molecule has 0 aromatic heterocycles. The molecule has 0 N–H and O–H groups in total. The quantitative estimate of drug-likeness (QED) is 0.481. The van der Waals surface area contributed by atoms with Gasteiger partial charge in [0.05, 0.1) is 25.0 Å². The lowest BCUT2D eigenvalue weighted by atomic mass is 9.94. The van der Waals surface area contributed by atoms with Crippen molar-refractivity contribution in [2.45, 2.75) is 13.5 Å². The van der Waals surface area contributed by atoms with Gasteiger partial charge in [-0.25, -0.2) is 0 Å². The van der Waals surface area contributed by atoms with Crippen LogP contribution in [0.4, 0.5) is 0 Å². The van der Waals surface area contributed by atoms with E-state index in [1.807, 2.05) is 13.0 Å². The molecule has 2 aromatic rings. The van der Waals surface area contributed by atoms with E-state index in [-0.39, 0.29) is 25.2 Å². The Bertz CT molecular complexity index is 918. The number of fused-ring (bicyclic) bond motifs is 2. The average molecular weight is 351 g/mol. The molecule has 0 unspecified atom stereocenters. The van der Waals surface area contributed by atoms with Crippen molar-refractivity contribution in [3.05, 3.63) is 65.4 Å². The highest BCUT2D eigenvalue weighted by Gasteiger charge is 2.35. The number of carbonyl (C=O) groups is 2. The van der Waals surface area contributed by atoms with Crippen molar-refractivity contribution in [1.82, 2.24) is 4.90 Å². The summed E-state index contributed by atoms with van der Waals surface area (Å²) in [5.74, 6) is 0.578. The van der Waals surface area contributed by atoms with Gasteiger partial charge in [0.1, 0.15) is 0 Å². The molecule has 0 bridgehead atoms. The number of nitrogens with zero attached hydrogens (tertiary/aromatic N) is 1. The molecule has 2 aliphatic heterocycles. The van der Waals surface area contributed by atoms with Crippen molar-refractivity contribution >= 4 is 17.4 Å². The van der Waals surface area contributed by atoms with Gasteiger partial charge in [-0.2, -0.15) is 0 Å². The molecule has 2 aromatic carbocycles. The monoisotopic (exact) mass is 351 g/mol.